The monoisotopic (exact) mass is 377 g/mol. The molecule has 0 fully saturated rings. The van der Waals surface area contributed by atoms with Crippen LogP contribution in [0.1, 0.15) is 5.56 Å². The van der Waals surface area contributed by atoms with Crippen molar-refractivity contribution in [2.45, 2.75) is 13.5 Å². The highest BCUT2D eigenvalue weighted by molar-refractivity contribution is 5.90. The number of hydrogen-bond acceptors (Lipinski definition) is 4. The van der Waals surface area contributed by atoms with Crippen LogP contribution in [0, 0.1) is 12.7 Å². The third-order valence-corrected chi connectivity index (χ3v) is 4.26. The van der Waals surface area contributed by atoms with Crippen LogP contribution < -0.4 is 10.9 Å². The molecule has 0 aliphatic heterocycles. The highest BCUT2D eigenvalue weighted by Gasteiger charge is 2.13. The number of benzene rings is 2. The molecule has 0 spiro atoms. The Kier molecular flexibility index (Phi) is 4.44. The minimum atomic E-state index is -0.459. The van der Waals surface area contributed by atoms with Gasteiger partial charge < -0.3 is 5.32 Å². The molecule has 0 saturated carbocycles. The Morgan fingerprint density at radius 2 is 1.96 bits per heavy atom. The zero-order valence-corrected chi connectivity index (χ0v) is 15.0. The van der Waals surface area contributed by atoms with Gasteiger partial charge in [-0.3, -0.25) is 14.2 Å². The van der Waals surface area contributed by atoms with E-state index in [4.69, 9.17) is 0 Å². The first kappa shape index (κ1) is 17.6. The van der Waals surface area contributed by atoms with E-state index in [9.17, 15) is 14.0 Å². The first-order chi connectivity index (χ1) is 13.5. The highest BCUT2D eigenvalue weighted by atomic mass is 19.1. The predicted molar refractivity (Wildman–Crippen MR) is 103 cm³/mol. The quantitative estimate of drug-likeness (QED) is 0.593. The van der Waals surface area contributed by atoms with Crippen molar-refractivity contribution in [3.05, 3.63) is 82.8 Å². The van der Waals surface area contributed by atoms with Crippen LogP contribution in [0.25, 0.3) is 16.7 Å². The van der Waals surface area contributed by atoms with E-state index in [0.29, 0.717) is 16.7 Å². The number of rotatable bonds is 4. The Hall–Kier alpha value is -3.81. The van der Waals surface area contributed by atoms with Crippen molar-refractivity contribution in [2.75, 3.05) is 5.32 Å². The molecule has 140 valence electrons. The SMILES string of the molecule is Cc1ccc(-n2ncc3c(=O)n(CC(=O)Nc4cccc(F)c4)cnc32)cc1. The second kappa shape index (κ2) is 7.07. The van der Waals surface area contributed by atoms with Gasteiger partial charge in [-0.1, -0.05) is 23.8 Å². The summed E-state index contributed by atoms with van der Waals surface area (Å²) in [6, 6.07) is 13.2. The van der Waals surface area contributed by atoms with Gasteiger partial charge in [0.05, 0.1) is 11.9 Å². The molecule has 8 heteroatoms. The minimum Gasteiger partial charge on any atom is -0.324 e. The molecular formula is C20H16FN5O2. The molecule has 2 aromatic carbocycles. The van der Waals surface area contributed by atoms with E-state index in [-0.39, 0.29) is 12.1 Å². The topological polar surface area (TPSA) is 81.8 Å². The summed E-state index contributed by atoms with van der Waals surface area (Å²) in [5.41, 5.74) is 2.25. The smallest absolute Gasteiger partial charge is 0.264 e. The number of carbonyl (C=O) groups excluding carboxylic acids is 1. The van der Waals surface area contributed by atoms with Crippen LogP contribution in [-0.4, -0.2) is 25.2 Å². The second-order valence-corrected chi connectivity index (χ2v) is 6.37. The lowest BCUT2D eigenvalue weighted by Gasteiger charge is -2.08. The maximum absolute atomic E-state index is 13.2. The van der Waals surface area contributed by atoms with Crippen molar-refractivity contribution in [1.82, 2.24) is 19.3 Å². The Morgan fingerprint density at radius 1 is 1.18 bits per heavy atom. The second-order valence-electron chi connectivity index (χ2n) is 6.37. The Bertz CT molecular complexity index is 1230. The zero-order chi connectivity index (χ0) is 19.7. The van der Waals surface area contributed by atoms with Gasteiger partial charge in [0, 0.05) is 5.69 Å². The van der Waals surface area contributed by atoms with E-state index in [1.165, 1.54) is 35.3 Å². The maximum Gasteiger partial charge on any atom is 0.264 e. The third kappa shape index (κ3) is 3.39. The molecule has 0 radical (unpaired) electrons. The normalized spacial score (nSPS) is 10.9. The Morgan fingerprint density at radius 3 is 2.71 bits per heavy atom. The van der Waals surface area contributed by atoms with Crippen LogP contribution >= 0.6 is 0 Å². The fraction of sp³-hybridized carbons (Fsp3) is 0.100. The fourth-order valence-corrected chi connectivity index (χ4v) is 2.86. The summed E-state index contributed by atoms with van der Waals surface area (Å²) in [5.74, 6) is -0.915. The summed E-state index contributed by atoms with van der Waals surface area (Å²) in [6.45, 7) is 1.74. The summed E-state index contributed by atoms with van der Waals surface area (Å²) in [4.78, 5) is 29.2. The van der Waals surface area contributed by atoms with Gasteiger partial charge in [0.15, 0.2) is 5.65 Å². The Balaban J connectivity index is 1.61. The lowest BCUT2D eigenvalue weighted by Crippen LogP contribution is -2.27. The van der Waals surface area contributed by atoms with Gasteiger partial charge >= 0.3 is 0 Å². The van der Waals surface area contributed by atoms with Crippen LogP contribution in [-0.2, 0) is 11.3 Å². The van der Waals surface area contributed by atoms with Gasteiger partial charge in [0.1, 0.15) is 24.1 Å². The van der Waals surface area contributed by atoms with Gasteiger partial charge in [-0.25, -0.2) is 14.1 Å². The first-order valence-electron chi connectivity index (χ1n) is 8.57. The fourth-order valence-electron chi connectivity index (χ4n) is 2.86. The molecule has 0 saturated heterocycles. The van der Waals surface area contributed by atoms with Gasteiger partial charge in [0.2, 0.25) is 5.91 Å². The molecule has 2 heterocycles. The van der Waals surface area contributed by atoms with E-state index >= 15 is 0 Å². The molecule has 0 unspecified atom stereocenters. The van der Waals surface area contributed by atoms with Gasteiger partial charge in [-0.15, -0.1) is 0 Å². The molecule has 0 aliphatic rings. The molecular weight excluding hydrogens is 361 g/mol. The average Bonchev–Trinajstić information content (AvgIpc) is 3.09. The van der Waals surface area contributed by atoms with Crippen LogP contribution in [0.15, 0.2) is 65.8 Å². The van der Waals surface area contributed by atoms with Gasteiger partial charge in [-0.2, -0.15) is 5.10 Å². The van der Waals surface area contributed by atoms with Crippen LogP contribution in [0.3, 0.4) is 0 Å². The van der Waals surface area contributed by atoms with Gasteiger partial charge in [0.25, 0.3) is 5.56 Å². The van der Waals surface area contributed by atoms with Crippen LogP contribution in [0.5, 0.6) is 0 Å². The van der Waals surface area contributed by atoms with E-state index in [1.54, 1.807) is 10.7 Å². The van der Waals surface area contributed by atoms with Crippen molar-refractivity contribution in [2.24, 2.45) is 0 Å². The largest absolute Gasteiger partial charge is 0.324 e. The average molecular weight is 377 g/mol. The molecule has 7 nitrogen and oxygen atoms in total. The number of hydrogen-bond donors (Lipinski definition) is 1. The molecule has 0 bridgehead atoms. The highest BCUT2D eigenvalue weighted by Crippen LogP contribution is 2.14. The summed E-state index contributed by atoms with van der Waals surface area (Å²) in [5, 5.41) is 7.12. The number of nitrogens with one attached hydrogen (secondary N) is 1. The van der Waals surface area contributed by atoms with E-state index in [1.807, 2.05) is 31.2 Å². The summed E-state index contributed by atoms with van der Waals surface area (Å²) < 4.78 is 16.0. The van der Waals surface area contributed by atoms with Crippen molar-refractivity contribution in [3.63, 3.8) is 0 Å². The molecule has 4 rings (SSSR count). The molecule has 28 heavy (non-hydrogen) atoms. The van der Waals surface area contributed by atoms with Crippen molar-refractivity contribution in [3.8, 4) is 5.69 Å². The molecule has 0 aliphatic carbocycles. The summed E-state index contributed by atoms with van der Waals surface area (Å²) in [6.07, 6.45) is 2.74. The van der Waals surface area contributed by atoms with Crippen LogP contribution in [0.2, 0.25) is 0 Å². The van der Waals surface area contributed by atoms with E-state index < -0.39 is 11.7 Å². The molecule has 0 atom stereocenters. The summed E-state index contributed by atoms with van der Waals surface area (Å²) >= 11 is 0. The number of carbonyl (C=O) groups is 1. The summed E-state index contributed by atoms with van der Waals surface area (Å²) in [7, 11) is 0. The number of halogens is 1. The zero-order valence-electron chi connectivity index (χ0n) is 15.0. The van der Waals surface area contributed by atoms with Crippen molar-refractivity contribution >= 4 is 22.6 Å². The van der Waals surface area contributed by atoms with Crippen LogP contribution in [0.4, 0.5) is 10.1 Å². The number of aromatic nitrogens is 4. The molecule has 1 N–H and O–H groups in total. The molecule has 4 aromatic rings. The Labute approximate surface area is 159 Å². The number of fused-ring (bicyclic) bond motifs is 1. The first-order valence-corrected chi connectivity index (χ1v) is 8.57. The maximum atomic E-state index is 13.2. The predicted octanol–water partition coefficient (Wildman–Crippen LogP) is 2.67. The number of amides is 1. The lowest BCUT2D eigenvalue weighted by atomic mass is 10.2. The van der Waals surface area contributed by atoms with Crippen molar-refractivity contribution in [1.29, 1.82) is 0 Å². The third-order valence-electron chi connectivity index (χ3n) is 4.26. The lowest BCUT2D eigenvalue weighted by molar-refractivity contribution is -0.116. The minimum absolute atomic E-state index is 0.242. The molecule has 2 aromatic heterocycles. The van der Waals surface area contributed by atoms with E-state index in [2.05, 4.69) is 15.4 Å². The van der Waals surface area contributed by atoms with Gasteiger partial charge in [-0.05, 0) is 37.3 Å². The number of anilines is 1. The standard InChI is InChI=1S/C20H16FN5O2/c1-13-5-7-16(8-6-13)26-19-17(10-23-26)20(28)25(12-22-19)11-18(27)24-15-4-2-3-14(21)9-15/h2-10,12H,11H2,1H3,(H,24,27). The number of nitrogens with zero attached hydrogens (tertiary/aromatic N) is 4. The molecule has 1 amide bonds. The number of aryl methyl sites for hydroxylation is 1. The van der Waals surface area contributed by atoms with Crippen molar-refractivity contribution < 1.29 is 9.18 Å². The van der Waals surface area contributed by atoms with E-state index in [0.717, 1.165) is 11.3 Å².